The molecule has 35 nitrogen and oxygen atoms in total. The Labute approximate surface area is 385 Å². The molecule has 0 aliphatic carbocycles. The largest absolute Gasteiger partial charge is 0.399 e. The Hall–Kier alpha value is -2.69. The smallest absolute Gasteiger partial charge is 0.303 e. The Balaban J connectivity index is 2.24. The molecular formula is C24H32N2O33S9. The highest BCUT2D eigenvalue weighted by molar-refractivity contribution is 8.01. The first-order valence-corrected chi connectivity index (χ1v) is 28.9. The van der Waals surface area contributed by atoms with Crippen molar-refractivity contribution in [2.75, 3.05) is 10.5 Å². The molecule has 0 bridgehead atoms. The molecule has 44 heteroatoms. The molecule has 18 N–H and O–H groups in total. The van der Waals surface area contributed by atoms with E-state index in [1.165, 1.54) is 0 Å². The molecule has 0 amide bonds. The predicted octanol–water partition coefficient (Wildman–Crippen LogP) is -8.32. The van der Waals surface area contributed by atoms with Crippen LogP contribution in [0.25, 0.3) is 0 Å². The number of nitrogen functional groups attached to an aromatic ring is 1. The molecule has 12 atom stereocenters. The minimum Gasteiger partial charge on any atom is -0.399 e. The first-order valence-electron chi connectivity index (χ1n) is 16.4. The van der Waals surface area contributed by atoms with Gasteiger partial charge in [-0.3, -0.25) is 36.6 Å². The van der Waals surface area contributed by atoms with Gasteiger partial charge in [0.2, 0.25) is 10.9 Å². The number of nitrogens with one attached hydrogen (secondary N) is 1. The molecule has 2 aromatic carbocycles. The zero-order valence-electron chi connectivity index (χ0n) is 31.9. The fraction of sp³-hybridized carbons (Fsp3) is 0.500. The van der Waals surface area contributed by atoms with Crippen LogP contribution in [0.15, 0.2) is 58.3 Å². The summed E-state index contributed by atoms with van der Waals surface area (Å²) in [6.07, 6.45) is -15.6. The average Bonchev–Trinajstić information content (AvgIpc) is 3.14. The molecule has 2 heterocycles. The van der Waals surface area contributed by atoms with Gasteiger partial charge >= 0.3 is 50.6 Å². The van der Waals surface area contributed by atoms with Crippen molar-refractivity contribution in [3.63, 3.8) is 0 Å². The lowest BCUT2D eigenvalue weighted by Gasteiger charge is -2.64. The number of thioether (sulfide) groups is 1. The van der Waals surface area contributed by atoms with Crippen molar-refractivity contribution in [3.8, 4) is 0 Å². The monoisotopic (exact) mass is 1160 g/mol. The van der Waals surface area contributed by atoms with Crippen molar-refractivity contribution in [3.05, 3.63) is 48.5 Å². The second-order valence-corrected chi connectivity index (χ2v) is 27.7. The summed E-state index contributed by atoms with van der Waals surface area (Å²) in [5.41, 5.74) is -14.8. The van der Waals surface area contributed by atoms with E-state index >= 15 is 0 Å². The third-order valence-corrected chi connectivity index (χ3v) is 21.6. The van der Waals surface area contributed by atoms with E-state index in [2.05, 4.69) is 4.74 Å². The molecule has 68 heavy (non-hydrogen) atoms. The zero-order chi connectivity index (χ0) is 53.3. The summed E-state index contributed by atoms with van der Waals surface area (Å²) >= 11 is -0.756. The Morgan fingerprint density at radius 3 is 1.28 bits per heavy atom. The summed E-state index contributed by atoms with van der Waals surface area (Å²) in [6.45, 7) is 0. The first kappa shape index (κ1) is 57.9. The number of anilines is 2. The maximum atomic E-state index is 13.5. The van der Waals surface area contributed by atoms with Gasteiger partial charge < -0.3 is 56.1 Å². The third-order valence-electron chi connectivity index (χ3n) is 10.0. The lowest BCUT2D eigenvalue weighted by atomic mass is 9.73. The molecule has 0 aromatic heterocycles. The second kappa shape index (κ2) is 17.0. The highest BCUT2D eigenvalue weighted by Crippen LogP contribution is 2.62. The fourth-order valence-corrected chi connectivity index (χ4v) is 17.7. The fourth-order valence-electron chi connectivity index (χ4n) is 6.90. The maximum Gasteiger partial charge on any atom is 0.303 e. The van der Waals surface area contributed by atoms with Crippen molar-refractivity contribution < 1.29 is 150 Å². The van der Waals surface area contributed by atoms with Gasteiger partial charge in [0.15, 0.2) is 17.1 Å². The third kappa shape index (κ3) is 8.38. The number of rotatable bonds is 15. The molecule has 2 aliphatic rings. The molecule has 0 spiro atoms. The Morgan fingerprint density at radius 2 is 0.912 bits per heavy atom. The van der Waals surface area contributed by atoms with Gasteiger partial charge in [-0.2, -0.15) is 58.9 Å². The SMILES string of the molecule is Nc1ccc(S(=O)(=O)Nc2ccc(S[C@@H]3O[C@H](C(O)S(=O)(=O)O)[C@](O)([C@@H]4O[C@H](C(O)S(=O)(=O)O)[C@](O)(S(=O)(=O)O)[C@@](O)(S(=O)(=O)O)[C@]4(O)S(=O)(=O)O)[C@@](O)(S(=O)(=O)O)[C@]3(O)S(=O)(=O)O)cc2)cc1. The molecule has 2 saturated heterocycles. The second-order valence-electron chi connectivity index (χ2n) is 14.0. The van der Waals surface area contributed by atoms with Gasteiger partial charge in [0.05, 0.1) is 4.90 Å². The molecule has 0 radical (unpaired) electrons. The summed E-state index contributed by atoms with van der Waals surface area (Å²) in [6, 6.07) is 6.85. The summed E-state index contributed by atoms with van der Waals surface area (Å²) < 4.78 is 288. The van der Waals surface area contributed by atoms with Crippen LogP contribution in [-0.2, 0) is 90.3 Å². The predicted molar refractivity (Wildman–Crippen MR) is 214 cm³/mol. The molecule has 390 valence electrons. The van der Waals surface area contributed by atoms with Crippen LogP contribution in [0.1, 0.15) is 0 Å². The molecule has 0 saturated carbocycles. The lowest BCUT2D eigenvalue weighted by Crippen LogP contribution is -2.95. The number of benzene rings is 2. The normalized spacial score (nSPS) is 34.7. The number of aliphatic hydroxyl groups excluding tert-OH is 2. The summed E-state index contributed by atoms with van der Waals surface area (Å²) in [7, 11) is -58.0. The maximum absolute atomic E-state index is 13.5. The minimum absolute atomic E-state index is 0.107. The van der Waals surface area contributed by atoms with Gasteiger partial charge in [0.1, 0.15) is 12.2 Å². The molecular weight excluding hydrogens is 1130 g/mol. The topological polar surface area (TPSA) is 633 Å². The molecule has 2 unspecified atom stereocenters. The standard InChI is InChI=1S/C24H32N2O33S9/c25-9-1-7-12(8-2-9)61(35,36)26-10-3-5-11(6-4-10)60-18-22(32,66(49,50)51)23(33,67(52,53)54)19(29,13(59-18)15(27)62(37,38)39)17-21(31,65(46,47)48)24(34,68(55,56)57)20(30,64(43,44)45)14(58-17)16(28)63(40,41)42/h1-8,13-18,26-34H,25H2,(H,37,38,39)(H,40,41,42)(H,43,44,45)(H,46,47,48)(H,49,50,51)(H,52,53,54)(H,55,56,57)/t13-,14-,15?,16?,17+,18+,19+,20+,21-,22-,23-,24-/m1/s1. The zero-order valence-corrected chi connectivity index (χ0v) is 39.2. The minimum atomic E-state index is -8.16. The van der Waals surface area contributed by atoms with Crippen LogP contribution in [0.5, 0.6) is 0 Å². The van der Waals surface area contributed by atoms with Gasteiger partial charge in [0.25, 0.3) is 54.9 Å². The summed E-state index contributed by atoms with van der Waals surface area (Å²) in [5, 5.41) is 91.8. The number of ether oxygens (including phenoxy) is 2. The van der Waals surface area contributed by atoms with E-state index in [0.29, 0.717) is 24.3 Å². The van der Waals surface area contributed by atoms with Crippen molar-refractivity contribution >= 4 is 104 Å². The number of sulfonamides is 1. The van der Waals surface area contributed by atoms with Crippen molar-refractivity contribution in [2.24, 2.45) is 0 Å². The highest BCUT2D eigenvalue weighted by atomic mass is 32.3. The molecule has 2 aromatic rings. The van der Waals surface area contributed by atoms with E-state index in [-0.39, 0.29) is 5.69 Å². The van der Waals surface area contributed by atoms with Crippen LogP contribution in [-0.4, -0.2) is 205 Å². The van der Waals surface area contributed by atoms with Crippen LogP contribution in [0, 0.1) is 0 Å². The van der Waals surface area contributed by atoms with Crippen molar-refractivity contribution in [2.45, 2.75) is 74.7 Å². The summed E-state index contributed by atoms with van der Waals surface area (Å²) in [5.74, 6) is 0. The van der Waals surface area contributed by atoms with E-state index in [9.17, 15) is 140 Å². The number of aliphatic hydroxyl groups is 8. The van der Waals surface area contributed by atoms with Crippen LogP contribution in [0.2, 0.25) is 0 Å². The van der Waals surface area contributed by atoms with Gasteiger partial charge in [-0.1, -0.05) is 11.8 Å². The Bertz CT molecular complexity index is 3280. The van der Waals surface area contributed by atoms with Gasteiger partial charge in [0, 0.05) is 16.3 Å². The average molecular weight is 1170 g/mol. The van der Waals surface area contributed by atoms with E-state index < -0.39 is 173 Å². The number of hydrogen-bond acceptors (Lipinski definition) is 28. The first-order chi connectivity index (χ1) is 29.9. The van der Waals surface area contributed by atoms with Crippen LogP contribution in [0.4, 0.5) is 11.4 Å². The Morgan fingerprint density at radius 1 is 0.515 bits per heavy atom. The van der Waals surface area contributed by atoms with Gasteiger partial charge in [-0.25, -0.2) is 8.42 Å². The molecule has 4 rings (SSSR count). The van der Waals surface area contributed by atoms with E-state index in [4.69, 9.17) is 10.5 Å². The van der Waals surface area contributed by atoms with Crippen molar-refractivity contribution in [1.82, 2.24) is 0 Å². The molecule has 2 fully saturated rings. The Kier molecular flexibility index (Phi) is 14.4. The number of nitrogens with two attached hydrogens (primary N) is 1. The summed E-state index contributed by atoms with van der Waals surface area (Å²) in [4.78, 5) is -34.4. The van der Waals surface area contributed by atoms with Gasteiger partial charge in [-0.05, 0) is 48.5 Å². The molecule has 2 aliphatic heterocycles. The quantitative estimate of drug-likeness (QED) is 0.0582. The van der Waals surface area contributed by atoms with Crippen LogP contribution in [0.3, 0.4) is 0 Å². The number of hydrogen-bond donors (Lipinski definition) is 17. The van der Waals surface area contributed by atoms with E-state index in [1.54, 1.807) is 0 Å². The van der Waals surface area contributed by atoms with E-state index in [0.717, 1.165) is 24.3 Å². The lowest BCUT2D eigenvalue weighted by molar-refractivity contribution is -0.375. The van der Waals surface area contributed by atoms with Crippen LogP contribution < -0.4 is 10.5 Å². The highest BCUT2D eigenvalue weighted by Gasteiger charge is 2.95. The van der Waals surface area contributed by atoms with Gasteiger partial charge in [-0.15, -0.1) is 0 Å². The van der Waals surface area contributed by atoms with E-state index in [1.807, 2.05) is 4.72 Å². The van der Waals surface area contributed by atoms with Crippen molar-refractivity contribution in [1.29, 1.82) is 0 Å². The van der Waals surface area contributed by atoms with Crippen LogP contribution >= 0.6 is 11.8 Å².